The molecule has 0 aromatic heterocycles. The van der Waals surface area contributed by atoms with Crippen LogP contribution in [-0.2, 0) is 9.53 Å². The molecule has 15 heavy (non-hydrogen) atoms. The van der Waals surface area contributed by atoms with E-state index in [2.05, 4.69) is 5.32 Å². The lowest BCUT2D eigenvalue weighted by Crippen LogP contribution is -2.42. The van der Waals surface area contributed by atoms with Crippen LogP contribution in [0.4, 0.5) is 4.79 Å². The van der Waals surface area contributed by atoms with Gasteiger partial charge in [-0.2, -0.15) is 0 Å². The van der Waals surface area contributed by atoms with Crippen LogP contribution in [0.2, 0.25) is 0 Å². The molecule has 4 heteroatoms. The Morgan fingerprint density at radius 2 is 2.07 bits per heavy atom. The van der Waals surface area contributed by atoms with Gasteiger partial charge in [-0.15, -0.1) is 0 Å². The Morgan fingerprint density at radius 3 is 2.53 bits per heavy atom. The summed E-state index contributed by atoms with van der Waals surface area (Å²) >= 11 is 0. The highest BCUT2D eigenvalue weighted by Gasteiger charge is 2.53. The number of amides is 1. The van der Waals surface area contributed by atoms with Gasteiger partial charge in [-0.05, 0) is 39.5 Å². The van der Waals surface area contributed by atoms with E-state index in [9.17, 15) is 9.59 Å². The van der Waals surface area contributed by atoms with Gasteiger partial charge >= 0.3 is 6.09 Å². The van der Waals surface area contributed by atoms with E-state index in [1.54, 1.807) is 20.8 Å². The summed E-state index contributed by atoms with van der Waals surface area (Å²) in [4.78, 5) is 23.0. The number of alkyl carbamates (subject to hydrolysis) is 1. The topological polar surface area (TPSA) is 55.4 Å². The Kier molecular flexibility index (Phi) is 2.24. The molecule has 0 radical (unpaired) electrons. The van der Waals surface area contributed by atoms with Gasteiger partial charge in [0.15, 0.2) is 5.78 Å². The number of hydrogen-bond donors (Lipinski definition) is 1. The van der Waals surface area contributed by atoms with Crippen LogP contribution in [0, 0.1) is 11.8 Å². The van der Waals surface area contributed by atoms with Crippen LogP contribution in [0.25, 0.3) is 0 Å². The predicted molar refractivity (Wildman–Crippen MR) is 54.4 cm³/mol. The van der Waals surface area contributed by atoms with Crippen molar-refractivity contribution in [3.8, 4) is 0 Å². The van der Waals surface area contributed by atoms with Gasteiger partial charge < -0.3 is 10.1 Å². The molecule has 1 N–H and O–H groups in total. The van der Waals surface area contributed by atoms with Crippen molar-refractivity contribution in [2.24, 2.45) is 11.8 Å². The van der Waals surface area contributed by atoms with Gasteiger partial charge in [0.2, 0.25) is 0 Å². The van der Waals surface area contributed by atoms with Gasteiger partial charge in [0.05, 0.1) is 6.04 Å². The fourth-order valence-electron chi connectivity index (χ4n) is 2.11. The van der Waals surface area contributed by atoms with Crippen LogP contribution in [0.5, 0.6) is 0 Å². The first kappa shape index (κ1) is 10.5. The van der Waals surface area contributed by atoms with Gasteiger partial charge in [0, 0.05) is 5.92 Å². The molecule has 0 aliphatic heterocycles. The fraction of sp³-hybridized carbons (Fsp3) is 0.818. The average molecular weight is 211 g/mol. The molecule has 2 saturated carbocycles. The fourth-order valence-corrected chi connectivity index (χ4v) is 2.11. The predicted octanol–water partition coefficient (Wildman–Crippen LogP) is 1.49. The zero-order valence-corrected chi connectivity index (χ0v) is 9.37. The van der Waals surface area contributed by atoms with E-state index in [1.807, 2.05) is 0 Å². The van der Waals surface area contributed by atoms with Crippen molar-refractivity contribution < 1.29 is 14.3 Å². The lowest BCUT2D eigenvalue weighted by atomic mass is 10.1. The zero-order chi connectivity index (χ0) is 11.2. The highest BCUT2D eigenvalue weighted by atomic mass is 16.6. The van der Waals surface area contributed by atoms with Crippen molar-refractivity contribution in [3.63, 3.8) is 0 Å². The first-order chi connectivity index (χ1) is 6.87. The van der Waals surface area contributed by atoms with Gasteiger partial charge in [0.1, 0.15) is 5.60 Å². The number of Topliss-reactive ketones (excluding diaryl/α,β-unsaturated/α-hetero) is 1. The maximum atomic E-state index is 11.6. The number of carbonyl (C=O) groups is 2. The first-order valence-corrected chi connectivity index (χ1v) is 5.40. The molecule has 0 aromatic rings. The lowest BCUT2D eigenvalue weighted by molar-refractivity contribution is -0.120. The van der Waals surface area contributed by atoms with Crippen molar-refractivity contribution in [2.45, 2.75) is 45.3 Å². The second-order valence-corrected chi connectivity index (χ2v) is 5.44. The zero-order valence-electron chi connectivity index (χ0n) is 9.37. The highest BCUT2D eigenvalue weighted by molar-refractivity contribution is 5.93. The summed E-state index contributed by atoms with van der Waals surface area (Å²) < 4.78 is 5.10. The third kappa shape index (κ3) is 2.30. The van der Waals surface area contributed by atoms with Crippen LogP contribution < -0.4 is 5.32 Å². The van der Waals surface area contributed by atoms with E-state index in [4.69, 9.17) is 4.74 Å². The first-order valence-electron chi connectivity index (χ1n) is 5.40. The number of ketones is 1. The maximum absolute atomic E-state index is 11.6. The second kappa shape index (κ2) is 3.22. The van der Waals surface area contributed by atoms with Gasteiger partial charge in [-0.3, -0.25) is 4.79 Å². The standard InChI is InChI=1S/C11H17NO3/c1-11(2,3)15-10(14)12-8-5-6-4-7(6)9(8)13/h6-8H,4-5H2,1-3H3,(H,12,14). The van der Waals surface area contributed by atoms with Crippen LogP contribution in [0.1, 0.15) is 33.6 Å². The lowest BCUT2D eigenvalue weighted by Gasteiger charge is -2.21. The van der Waals surface area contributed by atoms with Gasteiger partial charge in [-0.1, -0.05) is 0 Å². The highest BCUT2D eigenvalue weighted by Crippen LogP contribution is 2.49. The minimum absolute atomic E-state index is 0.186. The number of fused-ring (bicyclic) bond motifs is 1. The summed E-state index contributed by atoms with van der Waals surface area (Å²) in [5.74, 6) is 0.938. The number of ether oxygens (including phenoxy) is 1. The molecule has 84 valence electrons. The number of nitrogens with one attached hydrogen (secondary N) is 1. The van der Waals surface area contributed by atoms with Gasteiger partial charge in [-0.25, -0.2) is 4.79 Å². The molecule has 0 aromatic carbocycles. The second-order valence-electron chi connectivity index (χ2n) is 5.44. The summed E-state index contributed by atoms with van der Waals surface area (Å²) in [6, 6.07) is -0.302. The van der Waals surface area contributed by atoms with E-state index in [0.717, 1.165) is 12.8 Å². The molecular formula is C11H17NO3. The van der Waals surface area contributed by atoms with Crippen molar-refractivity contribution in [3.05, 3.63) is 0 Å². The third-order valence-electron chi connectivity index (χ3n) is 2.86. The van der Waals surface area contributed by atoms with Crippen molar-refractivity contribution in [1.29, 1.82) is 0 Å². The molecular weight excluding hydrogens is 194 g/mol. The Labute approximate surface area is 89.4 Å². The SMILES string of the molecule is CC(C)(C)OC(=O)NC1CC2CC2C1=O. The monoisotopic (exact) mass is 211 g/mol. The summed E-state index contributed by atoms with van der Waals surface area (Å²) in [7, 11) is 0. The van der Waals surface area contributed by atoms with Gasteiger partial charge in [0.25, 0.3) is 0 Å². The maximum Gasteiger partial charge on any atom is 0.408 e. The summed E-state index contributed by atoms with van der Waals surface area (Å²) in [6.45, 7) is 5.42. The largest absolute Gasteiger partial charge is 0.444 e. The normalized spacial score (nSPS) is 33.5. The minimum atomic E-state index is -0.505. The summed E-state index contributed by atoms with van der Waals surface area (Å²) in [6.07, 6.45) is 1.33. The van der Waals surface area contributed by atoms with Crippen molar-refractivity contribution in [1.82, 2.24) is 5.32 Å². The molecule has 0 bridgehead atoms. The Hall–Kier alpha value is -1.06. The number of carbonyl (C=O) groups excluding carboxylic acids is 2. The molecule has 0 heterocycles. The molecule has 0 saturated heterocycles. The number of hydrogen-bond acceptors (Lipinski definition) is 3. The molecule has 2 aliphatic rings. The smallest absolute Gasteiger partial charge is 0.408 e. The molecule has 4 nitrogen and oxygen atoms in total. The Morgan fingerprint density at radius 1 is 1.40 bits per heavy atom. The van der Waals surface area contributed by atoms with E-state index in [-0.39, 0.29) is 17.7 Å². The third-order valence-corrected chi connectivity index (χ3v) is 2.86. The van der Waals surface area contributed by atoms with Crippen molar-refractivity contribution in [2.75, 3.05) is 0 Å². The number of rotatable bonds is 1. The van der Waals surface area contributed by atoms with Crippen LogP contribution in [0.3, 0.4) is 0 Å². The molecule has 2 fully saturated rings. The van der Waals surface area contributed by atoms with Crippen LogP contribution in [-0.4, -0.2) is 23.5 Å². The molecule has 3 unspecified atom stereocenters. The Bertz CT molecular complexity index is 305. The Balaban J connectivity index is 1.82. The van der Waals surface area contributed by atoms with Crippen LogP contribution >= 0.6 is 0 Å². The minimum Gasteiger partial charge on any atom is -0.444 e. The quantitative estimate of drug-likeness (QED) is 0.715. The molecule has 1 amide bonds. The molecule has 0 spiro atoms. The summed E-state index contributed by atoms with van der Waals surface area (Å²) in [5, 5.41) is 2.64. The molecule has 2 aliphatic carbocycles. The van der Waals surface area contributed by atoms with E-state index in [0.29, 0.717) is 5.92 Å². The molecule has 3 atom stereocenters. The van der Waals surface area contributed by atoms with Crippen LogP contribution in [0.15, 0.2) is 0 Å². The van der Waals surface area contributed by atoms with Crippen molar-refractivity contribution >= 4 is 11.9 Å². The van der Waals surface area contributed by atoms with E-state index >= 15 is 0 Å². The van der Waals surface area contributed by atoms with E-state index in [1.165, 1.54) is 0 Å². The summed E-state index contributed by atoms with van der Waals surface area (Å²) in [5.41, 5.74) is -0.505. The molecule has 2 rings (SSSR count). The van der Waals surface area contributed by atoms with E-state index < -0.39 is 11.7 Å². The average Bonchev–Trinajstić information content (AvgIpc) is 2.72.